The molecule has 0 heterocycles. The maximum atomic E-state index is 12.2. The fourth-order valence-electron chi connectivity index (χ4n) is 4.70. The van der Waals surface area contributed by atoms with Crippen LogP contribution in [0.25, 0.3) is 11.1 Å². The van der Waals surface area contributed by atoms with Gasteiger partial charge in [-0.2, -0.15) is 0 Å². The number of hydrogen-bond donors (Lipinski definition) is 1. The van der Waals surface area contributed by atoms with E-state index in [0.717, 1.165) is 0 Å². The highest BCUT2D eigenvalue weighted by Crippen LogP contribution is 2.44. The van der Waals surface area contributed by atoms with Gasteiger partial charge in [-0.05, 0) is 41.9 Å². The van der Waals surface area contributed by atoms with Gasteiger partial charge in [0, 0.05) is 12.5 Å². The van der Waals surface area contributed by atoms with Crippen LogP contribution in [0.15, 0.2) is 48.5 Å². The van der Waals surface area contributed by atoms with Gasteiger partial charge in [-0.3, -0.25) is 0 Å². The molecule has 2 aromatic rings. The van der Waals surface area contributed by atoms with Crippen molar-refractivity contribution in [2.45, 2.75) is 25.6 Å². The van der Waals surface area contributed by atoms with Crippen LogP contribution < -0.4 is 5.32 Å². The molecule has 1 aliphatic rings. The third-order valence-corrected chi connectivity index (χ3v) is 7.92. The monoisotopic (exact) mass is 663 g/mol. The average molecular weight is 664 g/mol. The topological polar surface area (TPSA) is 112 Å². The van der Waals surface area contributed by atoms with Crippen LogP contribution in [-0.4, -0.2) is 127 Å². The van der Waals surface area contributed by atoms with Crippen LogP contribution in [0.4, 0.5) is 4.79 Å². The van der Waals surface area contributed by atoms with Gasteiger partial charge in [0.25, 0.3) is 0 Å². The molecule has 3 rings (SSSR count). The van der Waals surface area contributed by atoms with Crippen molar-refractivity contribution in [1.29, 1.82) is 0 Å². The summed E-state index contributed by atoms with van der Waals surface area (Å²) in [5.74, 6) is 0.0429. The molecule has 0 aliphatic heterocycles. The number of nitrogens with one attached hydrogen (secondary N) is 1. The van der Waals surface area contributed by atoms with Crippen LogP contribution >= 0.6 is 0 Å². The normalized spacial score (nSPS) is 12.7. The van der Waals surface area contributed by atoms with Gasteiger partial charge in [-0.25, -0.2) is 4.79 Å². The molecule has 1 N–H and O–H groups in total. The van der Waals surface area contributed by atoms with Crippen LogP contribution in [0, 0.1) is 0 Å². The maximum Gasteiger partial charge on any atom is 0.407 e. The SMILES string of the molecule is C[Si](C)(C)OCCOCCOCCOCCOCCOCCOCCOCCNC(=O)OCC1c2ccccc2-c2ccccc21. The molecule has 11 nitrogen and oxygen atoms in total. The van der Waals surface area contributed by atoms with E-state index in [4.69, 9.17) is 42.3 Å². The number of fused-ring (bicyclic) bond motifs is 3. The Bertz CT molecular complexity index is 1050. The molecule has 2 aromatic carbocycles. The van der Waals surface area contributed by atoms with Crippen molar-refractivity contribution in [1.82, 2.24) is 5.32 Å². The number of rotatable bonds is 27. The van der Waals surface area contributed by atoms with Crippen LogP contribution in [0.3, 0.4) is 0 Å². The van der Waals surface area contributed by atoms with Crippen molar-refractivity contribution in [3.63, 3.8) is 0 Å². The molecule has 12 heteroatoms. The summed E-state index contributed by atoms with van der Waals surface area (Å²) in [5, 5.41) is 2.74. The molecular formula is C34H53NO10Si. The van der Waals surface area contributed by atoms with Gasteiger partial charge in [0.2, 0.25) is 0 Å². The van der Waals surface area contributed by atoms with E-state index in [1.807, 2.05) is 24.3 Å². The first kappa shape index (κ1) is 38.1. The third-order valence-electron chi connectivity index (χ3n) is 6.85. The summed E-state index contributed by atoms with van der Waals surface area (Å²) in [5.41, 5.74) is 4.79. The molecule has 0 aromatic heterocycles. The Labute approximate surface area is 275 Å². The Kier molecular flexibility index (Phi) is 19.0. The smallest absolute Gasteiger partial charge is 0.407 e. The number of ether oxygens (including phenoxy) is 8. The summed E-state index contributed by atoms with van der Waals surface area (Å²) in [4.78, 5) is 12.2. The predicted molar refractivity (Wildman–Crippen MR) is 178 cm³/mol. The van der Waals surface area contributed by atoms with Gasteiger partial charge in [0.15, 0.2) is 8.32 Å². The second-order valence-corrected chi connectivity index (χ2v) is 16.0. The molecule has 0 atom stereocenters. The minimum absolute atomic E-state index is 0.0429. The number of benzene rings is 2. The summed E-state index contributed by atoms with van der Waals surface area (Å²) in [6, 6.07) is 16.5. The molecule has 1 aliphatic carbocycles. The molecule has 0 spiro atoms. The molecule has 0 saturated carbocycles. The van der Waals surface area contributed by atoms with Crippen molar-refractivity contribution in [2.75, 3.05) is 112 Å². The van der Waals surface area contributed by atoms with E-state index in [1.165, 1.54) is 22.3 Å². The Morgan fingerprint density at radius 3 is 1.35 bits per heavy atom. The minimum atomic E-state index is -1.46. The number of carbonyl (C=O) groups excluding carboxylic acids is 1. The predicted octanol–water partition coefficient (Wildman–Crippen LogP) is 4.49. The van der Waals surface area contributed by atoms with Crippen LogP contribution in [0.1, 0.15) is 17.0 Å². The standard InChI is InChI=1S/C34H53NO10Si/c1-46(2,3)45-27-26-43-25-24-42-23-22-41-21-20-40-19-18-39-17-16-38-15-14-37-13-12-35-34(36)44-28-33-31-10-6-4-8-29(31)30-9-5-7-11-32(30)33/h4-11,33H,12-28H2,1-3H3,(H,35,36). The molecule has 0 unspecified atom stereocenters. The Balaban J connectivity index is 1.01. The largest absolute Gasteiger partial charge is 0.449 e. The lowest BCUT2D eigenvalue weighted by Crippen LogP contribution is -2.29. The zero-order valence-corrected chi connectivity index (χ0v) is 28.8. The van der Waals surface area contributed by atoms with Gasteiger partial charge in [0.05, 0.1) is 99.1 Å². The number of hydrogen-bond acceptors (Lipinski definition) is 10. The maximum absolute atomic E-state index is 12.2. The molecule has 0 saturated heterocycles. The molecule has 258 valence electrons. The third kappa shape index (κ3) is 15.9. The van der Waals surface area contributed by atoms with E-state index < -0.39 is 14.4 Å². The first-order valence-corrected chi connectivity index (χ1v) is 19.6. The van der Waals surface area contributed by atoms with Crippen LogP contribution in [0.5, 0.6) is 0 Å². The van der Waals surface area contributed by atoms with Crippen molar-refractivity contribution >= 4 is 14.4 Å². The number of alkyl carbamates (subject to hydrolysis) is 1. The lowest BCUT2D eigenvalue weighted by Gasteiger charge is -2.16. The lowest BCUT2D eigenvalue weighted by molar-refractivity contribution is -0.0211. The molecule has 0 radical (unpaired) electrons. The molecule has 0 fully saturated rings. The van der Waals surface area contributed by atoms with Gasteiger partial charge < -0.3 is 47.6 Å². The second kappa shape index (κ2) is 23.0. The fourth-order valence-corrected chi connectivity index (χ4v) is 5.40. The van der Waals surface area contributed by atoms with E-state index in [9.17, 15) is 4.79 Å². The highest BCUT2D eigenvalue weighted by atomic mass is 28.4. The first-order valence-electron chi connectivity index (χ1n) is 16.2. The van der Waals surface area contributed by atoms with Gasteiger partial charge >= 0.3 is 6.09 Å². The van der Waals surface area contributed by atoms with E-state index >= 15 is 0 Å². The molecule has 1 amide bonds. The highest BCUT2D eigenvalue weighted by Gasteiger charge is 2.28. The number of amides is 1. The van der Waals surface area contributed by atoms with Gasteiger partial charge in [-0.1, -0.05) is 48.5 Å². The lowest BCUT2D eigenvalue weighted by atomic mass is 9.98. The second-order valence-electron chi connectivity index (χ2n) is 11.5. The minimum Gasteiger partial charge on any atom is -0.449 e. The summed E-state index contributed by atoms with van der Waals surface area (Å²) >= 11 is 0. The fraction of sp³-hybridized carbons (Fsp3) is 0.618. The van der Waals surface area contributed by atoms with E-state index in [2.05, 4.69) is 49.2 Å². The zero-order valence-electron chi connectivity index (χ0n) is 27.8. The van der Waals surface area contributed by atoms with Crippen molar-refractivity contribution in [3.8, 4) is 11.1 Å². The molecular weight excluding hydrogens is 610 g/mol. The van der Waals surface area contributed by atoms with Crippen molar-refractivity contribution < 1.29 is 47.1 Å². The zero-order chi connectivity index (χ0) is 32.7. The van der Waals surface area contributed by atoms with Gasteiger partial charge in [0.1, 0.15) is 6.61 Å². The van der Waals surface area contributed by atoms with Crippen molar-refractivity contribution in [2.24, 2.45) is 0 Å². The average Bonchev–Trinajstić information content (AvgIpc) is 3.36. The quantitative estimate of drug-likeness (QED) is 0.108. The summed E-state index contributed by atoms with van der Waals surface area (Å²) < 4.78 is 49.7. The van der Waals surface area contributed by atoms with E-state index in [-0.39, 0.29) is 5.92 Å². The number of carbonyl (C=O) groups is 1. The van der Waals surface area contributed by atoms with E-state index in [0.29, 0.717) is 112 Å². The highest BCUT2D eigenvalue weighted by molar-refractivity contribution is 6.69. The van der Waals surface area contributed by atoms with E-state index in [1.54, 1.807) is 0 Å². The Hall–Kier alpha value is -2.39. The van der Waals surface area contributed by atoms with Crippen molar-refractivity contribution in [3.05, 3.63) is 59.7 Å². The summed E-state index contributed by atoms with van der Waals surface area (Å²) in [6.07, 6.45) is -0.447. The summed E-state index contributed by atoms with van der Waals surface area (Å²) in [7, 11) is -1.46. The molecule has 46 heavy (non-hydrogen) atoms. The Morgan fingerprint density at radius 1 is 0.565 bits per heavy atom. The Morgan fingerprint density at radius 2 is 0.935 bits per heavy atom. The van der Waals surface area contributed by atoms with Crippen LogP contribution in [0.2, 0.25) is 19.6 Å². The molecule has 0 bridgehead atoms. The van der Waals surface area contributed by atoms with Crippen LogP contribution in [-0.2, 0) is 42.3 Å². The summed E-state index contributed by atoms with van der Waals surface area (Å²) in [6.45, 7) is 14.8. The van der Waals surface area contributed by atoms with Gasteiger partial charge in [-0.15, -0.1) is 0 Å². The first-order chi connectivity index (χ1) is 22.5.